The van der Waals surface area contributed by atoms with Crippen molar-refractivity contribution in [1.29, 1.82) is 0 Å². The summed E-state index contributed by atoms with van der Waals surface area (Å²) < 4.78 is 10.7. The third kappa shape index (κ3) is 3.09. The lowest BCUT2D eigenvalue weighted by Gasteiger charge is -2.38. The molecule has 4 heteroatoms. The summed E-state index contributed by atoms with van der Waals surface area (Å²) >= 11 is 0. The van der Waals surface area contributed by atoms with Crippen LogP contribution < -0.4 is 5.32 Å². The van der Waals surface area contributed by atoms with Gasteiger partial charge in [0.05, 0.1) is 25.5 Å². The van der Waals surface area contributed by atoms with Gasteiger partial charge < -0.3 is 14.5 Å². The van der Waals surface area contributed by atoms with Crippen molar-refractivity contribution >= 4 is 0 Å². The van der Waals surface area contributed by atoms with E-state index in [0.717, 1.165) is 32.1 Å². The fourth-order valence-electron chi connectivity index (χ4n) is 2.08. The second-order valence-electron chi connectivity index (χ2n) is 5.43. The van der Waals surface area contributed by atoms with E-state index >= 15 is 0 Å². The fraction of sp³-hybridized carbons (Fsp3) is 0.692. The summed E-state index contributed by atoms with van der Waals surface area (Å²) in [6, 6.07) is 4.25. The van der Waals surface area contributed by atoms with Crippen molar-refractivity contribution in [3.8, 4) is 0 Å². The van der Waals surface area contributed by atoms with Crippen molar-refractivity contribution in [2.45, 2.75) is 13.0 Å². The predicted molar refractivity (Wildman–Crippen MR) is 66.9 cm³/mol. The van der Waals surface area contributed by atoms with Gasteiger partial charge in [-0.2, -0.15) is 0 Å². The summed E-state index contributed by atoms with van der Waals surface area (Å²) in [5.41, 5.74) is 0.319. The Labute approximate surface area is 103 Å². The summed E-state index contributed by atoms with van der Waals surface area (Å²) in [5, 5.41) is 3.52. The van der Waals surface area contributed by atoms with E-state index in [-0.39, 0.29) is 6.04 Å². The number of furan rings is 1. The average molecular weight is 238 g/mol. The molecule has 1 N–H and O–H groups in total. The van der Waals surface area contributed by atoms with Gasteiger partial charge in [-0.3, -0.25) is 4.90 Å². The summed E-state index contributed by atoms with van der Waals surface area (Å²) in [4.78, 5) is 2.17. The average Bonchev–Trinajstić information content (AvgIpc) is 2.74. The Kier molecular flexibility index (Phi) is 3.86. The molecule has 0 bridgehead atoms. The van der Waals surface area contributed by atoms with E-state index in [2.05, 4.69) is 31.2 Å². The molecule has 4 nitrogen and oxygen atoms in total. The second kappa shape index (κ2) is 5.21. The lowest BCUT2D eigenvalue weighted by atomic mass is 9.89. The van der Waals surface area contributed by atoms with E-state index < -0.39 is 0 Å². The Balaban J connectivity index is 1.82. The number of rotatable bonds is 6. The number of ether oxygens (including phenoxy) is 1. The van der Waals surface area contributed by atoms with Gasteiger partial charge in [0.2, 0.25) is 0 Å². The molecule has 1 aliphatic rings. The van der Waals surface area contributed by atoms with Crippen LogP contribution >= 0.6 is 0 Å². The van der Waals surface area contributed by atoms with Gasteiger partial charge in [-0.15, -0.1) is 0 Å². The number of hydrogen-bond donors (Lipinski definition) is 1. The van der Waals surface area contributed by atoms with Crippen LogP contribution in [0.1, 0.15) is 18.7 Å². The molecule has 0 saturated carbocycles. The quantitative estimate of drug-likeness (QED) is 0.815. The van der Waals surface area contributed by atoms with Gasteiger partial charge in [0, 0.05) is 18.5 Å². The highest BCUT2D eigenvalue weighted by atomic mass is 16.5. The van der Waals surface area contributed by atoms with Gasteiger partial charge in [0.15, 0.2) is 0 Å². The maximum atomic E-state index is 5.47. The van der Waals surface area contributed by atoms with Crippen LogP contribution in [0.15, 0.2) is 22.8 Å². The third-order valence-electron chi connectivity index (χ3n) is 3.29. The fourth-order valence-corrected chi connectivity index (χ4v) is 2.08. The summed E-state index contributed by atoms with van der Waals surface area (Å²) in [5.74, 6) is 1.01. The van der Waals surface area contributed by atoms with Crippen LogP contribution in [0.3, 0.4) is 0 Å². The SMILES string of the molecule is CN(C)C(CNCC1(C)COC1)c1ccco1. The Morgan fingerprint density at radius 3 is 2.71 bits per heavy atom. The van der Waals surface area contributed by atoms with E-state index in [4.69, 9.17) is 9.15 Å². The maximum absolute atomic E-state index is 5.47. The van der Waals surface area contributed by atoms with E-state index in [1.54, 1.807) is 6.26 Å². The molecule has 2 heterocycles. The van der Waals surface area contributed by atoms with Crippen molar-refractivity contribution in [3.05, 3.63) is 24.2 Å². The van der Waals surface area contributed by atoms with Gasteiger partial charge in [0.1, 0.15) is 5.76 Å². The minimum Gasteiger partial charge on any atom is -0.468 e. The Morgan fingerprint density at radius 1 is 1.47 bits per heavy atom. The smallest absolute Gasteiger partial charge is 0.122 e. The van der Waals surface area contributed by atoms with Crippen molar-refractivity contribution in [2.24, 2.45) is 5.41 Å². The Bertz CT molecular complexity index is 331. The van der Waals surface area contributed by atoms with E-state index in [1.807, 2.05) is 12.1 Å². The second-order valence-corrected chi connectivity index (χ2v) is 5.43. The monoisotopic (exact) mass is 238 g/mol. The summed E-state index contributed by atoms with van der Waals surface area (Å²) in [6.07, 6.45) is 1.73. The number of likely N-dealkylation sites (N-methyl/N-ethyl adjacent to an activating group) is 1. The van der Waals surface area contributed by atoms with Crippen molar-refractivity contribution < 1.29 is 9.15 Å². The van der Waals surface area contributed by atoms with Crippen LogP contribution in [-0.4, -0.2) is 45.3 Å². The predicted octanol–water partition coefficient (Wildman–Crippen LogP) is 1.51. The zero-order valence-corrected chi connectivity index (χ0v) is 10.9. The van der Waals surface area contributed by atoms with Crippen LogP contribution in [0.25, 0.3) is 0 Å². The van der Waals surface area contributed by atoms with E-state index in [0.29, 0.717) is 5.41 Å². The molecule has 0 radical (unpaired) electrons. The first-order valence-corrected chi connectivity index (χ1v) is 6.09. The molecular weight excluding hydrogens is 216 g/mol. The molecule has 0 spiro atoms. The van der Waals surface area contributed by atoms with Gasteiger partial charge in [-0.25, -0.2) is 0 Å². The van der Waals surface area contributed by atoms with Gasteiger partial charge >= 0.3 is 0 Å². The molecule has 96 valence electrons. The van der Waals surface area contributed by atoms with Crippen molar-refractivity contribution in [1.82, 2.24) is 10.2 Å². The summed E-state index contributed by atoms with van der Waals surface area (Å²) in [6.45, 7) is 5.88. The van der Waals surface area contributed by atoms with Gasteiger partial charge in [0.25, 0.3) is 0 Å². The van der Waals surface area contributed by atoms with Crippen LogP contribution in [0.2, 0.25) is 0 Å². The molecule has 1 aromatic heterocycles. The Hall–Kier alpha value is -0.840. The van der Waals surface area contributed by atoms with Crippen LogP contribution in [-0.2, 0) is 4.74 Å². The molecular formula is C13H22N2O2. The number of nitrogens with zero attached hydrogens (tertiary/aromatic N) is 1. The largest absolute Gasteiger partial charge is 0.468 e. The first kappa shape index (κ1) is 12.6. The molecule has 0 amide bonds. The van der Waals surface area contributed by atoms with Crippen molar-refractivity contribution in [3.63, 3.8) is 0 Å². The molecule has 0 aromatic carbocycles. The number of hydrogen-bond acceptors (Lipinski definition) is 4. The highest BCUT2D eigenvalue weighted by molar-refractivity contribution is 5.05. The van der Waals surface area contributed by atoms with Gasteiger partial charge in [-0.1, -0.05) is 6.92 Å². The molecule has 0 aliphatic carbocycles. The lowest BCUT2D eigenvalue weighted by molar-refractivity contribution is -0.0993. The molecule has 1 aromatic rings. The zero-order valence-electron chi connectivity index (χ0n) is 10.9. The molecule has 2 rings (SSSR count). The van der Waals surface area contributed by atoms with Crippen LogP contribution in [0.4, 0.5) is 0 Å². The molecule has 1 saturated heterocycles. The lowest BCUT2D eigenvalue weighted by Crippen LogP contribution is -2.48. The van der Waals surface area contributed by atoms with E-state index in [9.17, 15) is 0 Å². The molecule has 1 aliphatic heterocycles. The minimum atomic E-state index is 0.287. The molecule has 1 fully saturated rings. The normalized spacial score (nSPS) is 20.2. The molecule has 1 unspecified atom stereocenters. The zero-order chi connectivity index (χ0) is 12.3. The number of nitrogens with one attached hydrogen (secondary N) is 1. The topological polar surface area (TPSA) is 37.6 Å². The van der Waals surface area contributed by atoms with E-state index in [1.165, 1.54) is 0 Å². The first-order chi connectivity index (χ1) is 8.11. The van der Waals surface area contributed by atoms with Crippen LogP contribution in [0.5, 0.6) is 0 Å². The standard InChI is InChI=1S/C13H22N2O2/c1-13(9-16-10-13)8-14-7-11(15(2)3)12-5-4-6-17-12/h4-6,11,14H,7-10H2,1-3H3. The highest BCUT2D eigenvalue weighted by Gasteiger charge is 2.33. The maximum Gasteiger partial charge on any atom is 0.122 e. The third-order valence-corrected chi connectivity index (χ3v) is 3.29. The first-order valence-electron chi connectivity index (χ1n) is 6.09. The highest BCUT2D eigenvalue weighted by Crippen LogP contribution is 2.25. The molecule has 17 heavy (non-hydrogen) atoms. The Morgan fingerprint density at radius 2 is 2.24 bits per heavy atom. The van der Waals surface area contributed by atoms with Gasteiger partial charge in [-0.05, 0) is 26.2 Å². The molecule has 1 atom stereocenters. The van der Waals surface area contributed by atoms with Crippen LogP contribution in [0, 0.1) is 5.41 Å². The van der Waals surface area contributed by atoms with Crippen molar-refractivity contribution in [2.75, 3.05) is 40.4 Å². The minimum absolute atomic E-state index is 0.287. The summed E-state index contributed by atoms with van der Waals surface area (Å²) in [7, 11) is 4.14.